The average molecular weight is 464 g/mol. The molecular weight excluding hydrogens is 434 g/mol. The zero-order chi connectivity index (χ0) is 24.7. The molecule has 2 aliphatic carbocycles. The lowest BCUT2D eigenvalue weighted by Gasteiger charge is -2.21. The first kappa shape index (κ1) is 21.3. The molecule has 0 spiro atoms. The van der Waals surface area contributed by atoms with Gasteiger partial charge in [0.1, 0.15) is 0 Å². The van der Waals surface area contributed by atoms with Crippen LogP contribution < -0.4 is 0 Å². The summed E-state index contributed by atoms with van der Waals surface area (Å²) in [4.78, 5) is 5.20. The third-order valence-corrected chi connectivity index (χ3v) is 8.50. The molecule has 7 rings (SSSR count). The van der Waals surface area contributed by atoms with Crippen molar-refractivity contribution in [2.45, 2.75) is 38.5 Å². The number of hydrogen-bond donors (Lipinski definition) is 0. The largest absolute Gasteiger partial charge is 0.247 e. The monoisotopic (exact) mass is 463 g/mol. The van der Waals surface area contributed by atoms with Crippen molar-refractivity contribution in [1.82, 2.24) is 4.98 Å². The minimum Gasteiger partial charge on any atom is -0.247 e. The van der Waals surface area contributed by atoms with Gasteiger partial charge in [0, 0.05) is 22.0 Å². The fraction of sp³-hybridized carbons (Fsp3) is 0.171. The van der Waals surface area contributed by atoms with Crippen LogP contribution in [0.2, 0.25) is 0 Å². The van der Waals surface area contributed by atoms with E-state index in [4.69, 9.17) is 4.98 Å². The van der Waals surface area contributed by atoms with E-state index in [2.05, 4.69) is 131 Å². The average Bonchev–Trinajstić information content (AvgIpc) is 3.28. The molecule has 0 fully saturated rings. The molecule has 0 radical (unpaired) electrons. The highest BCUT2D eigenvalue weighted by molar-refractivity contribution is 5.85. The van der Waals surface area contributed by atoms with Crippen molar-refractivity contribution in [3.63, 3.8) is 0 Å². The number of benzene rings is 4. The summed E-state index contributed by atoms with van der Waals surface area (Å²) in [5, 5.41) is 0. The van der Waals surface area contributed by atoms with Crippen molar-refractivity contribution < 1.29 is 0 Å². The van der Waals surface area contributed by atoms with Crippen LogP contribution in [0, 0.1) is 0 Å². The summed E-state index contributed by atoms with van der Waals surface area (Å²) in [5.41, 5.74) is 15.2. The second-order valence-electron chi connectivity index (χ2n) is 11.3. The Kier molecular flexibility index (Phi) is 4.31. The van der Waals surface area contributed by atoms with Gasteiger partial charge in [-0.3, -0.25) is 0 Å². The van der Waals surface area contributed by atoms with E-state index >= 15 is 0 Å². The summed E-state index contributed by atoms with van der Waals surface area (Å²) >= 11 is 0. The molecule has 0 saturated heterocycles. The van der Waals surface area contributed by atoms with E-state index in [1.165, 1.54) is 50.1 Å². The van der Waals surface area contributed by atoms with Gasteiger partial charge in [0.05, 0.1) is 11.4 Å². The fourth-order valence-corrected chi connectivity index (χ4v) is 6.47. The van der Waals surface area contributed by atoms with Crippen molar-refractivity contribution in [2.75, 3.05) is 0 Å². The van der Waals surface area contributed by atoms with E-state index in [0.29, 0.717) is 0 Å². The lowest BCUT2D eigenvalue weighted by Crippen LogP contribution is -2.14. The van der Waals surface area contributed by atoms with Gasteiger partial charge in [-0.25, -0.2) is 4.98 Å². The highest BCUT2D eigenvalue weighted by Crippen LogP contribution is 2.50. The zero-order valence-corrected chi connectivity index (χ0v) is 21.3. The maximum atomic E-state index is 5.20. The zero-order valence-electron chi connectivity index (χ0n) is 21.3. The van der Waals surface area contributed by atoms with Crippen LogP contribution in [0.1, 0.15) is 49.9 Å². The van der Waals surface area contributed by atoms with Crippen LogP contribution in [0.3, 0.4) is 0 Å². The van der Waals surface area contributed by atoms with Crippen LogP contribution in [0.5, 0.6) is 0 Å². The maximum absolute atomic E-state index is 5.20. The van der Waals surface area contributed by atoms with Crippen LogP contribution in [0.25, 0.3) is 44.8 Å². The number of aromatic nitrogens is 1. The van der Waals surface area contributed by atoms with Crippen LogP contribution in [0.4, 0.5) is 0 Å². The summed E-state index contributed by atoms with van der Waals surface area (Å²) in [6, 6.07) is 37.8. The van der Waals surface area contributed by atoms with Gasteiger partial charge in [0.2, 0.25) is 0 Å². The molecule has 1 aromatic heterocycles. The minimum atomic E-state index is -0.0200. The number of pyridine rings is 1. The Morgan fingerprint density at radius 3 is 1.83 bits per heavy atom. The van der Waals surface area contributed by atoms with Gasteiger partial charge in [-0.2, -0.15) is 0 Å². The first-order valence-electron chi connectivity index (χ1n) is 12.8. The summed E-state index contributed by atoms with van der Waals surface area (Å²) in [7, 11) is 0. The Bertz CT molecular complexity index is 1560. The highest BCUT2D eigenvalue weighted by Gasteiger charge is 2.37. The van der Waals surface area contributed by atoms with Crippen molar-refractivity contribution in [3.8, 4) is 44.8 Å². The van der Waals surface area contributed by atoms with Crippen molar-refractivity contribution in [3.05, 3.63) is 125 Å². The molecule has 0 aliphatic heterocycles. The maximum Gasteiger partial charge on any atom is 0.0753 e. The molecule has 174 valence electrons. The van der Waals surface area contributed by atoms with E-state index < -0.39 is 0 Å². The molecule has 5 aromatic rings. The molecule has 0 amide bonds. The predicted octanol–water partition coefficient (Wildman–Crippen LogP) is 9.03. The Morgan fingerprint density at radius 2 is 1.03 bits per heavy atom. The van der Waals surface area contributed by atoms with Crippen molar-refractivity contribution >= 4 is 0 Å². The van der Waals surface area contributed by atoms with Crippen molar-refractivity contribution in [1.29, 1.82) is 0 Å². The molecular formula is C35H29N. The van der Waals surface area contributed by atoms with Gasteiger partial charge in [-0.1, -0.05) is 113 Å². The first-order valence-corrected chi connectivity index (χ1v) is 12.8. The molecule has 0 bridgehead atoms. The standard InChI is InChI=1S/C35H29N/c1-34(2)28-14-7-5-12-25(28)27-21-23(16-17-30(27)34)22-10-9-11-24(20-22)32-19-18-31-33(36-32)26-13-6-8-15-29(26)35(31,3)4/h5-21H,1-4H3. The molecule has 0 atom stereocenters. The molecule has 0 unspecified atom stereocenters. The lowest BCUT2D eigenvalue weighted by molar-refractivity contribution is 0.659. The number of fused-ring (bicyclic) bond motifs is 6. The molecule has 1 nitrogen and oxygen atoms in total. The Morgan fingerprint density at radius 1 is 0.444 bits per heavy atom. The third kappa shape index (κ3) is 2.86. The van der Waals surface area contributed by atoms with E-state index in [-0.39, 0.29) is 10.8 Å². The van der Waals surface area contributed by atoms with Gasteiger partial charge in [-0.05, 0) is 62.7 Å². The summed E-state index contributed by atoms with van der Waals surface area (Å²) < 4.78 is 0. The van der Waals surface area contributed by atoms with E-state index in [1.54, 1.807) is 0 Å². The lowest BCUT2D eigenvalue weighted by atomic mass is 9.82. The molecule has 0 saturated carbocycles. The fourth-order valence-electron chi connectivity index (χ4n) is 6.47. The highest BCUT2D eigenvalue weighted by atomic mass is 14.7. The summed E-state index contributed by atoms with van der Waals surface area (Å²) in [6.07, 6.45) is 0. The minimum absolute atomic E-state index is 0.0200. The van der Waals surface area contributed by atoms with Gasteiger partial charge in [-0.15, -0.1) is 0 Å². The second kappa shape index (κ2) is 7.27. The predicted molar refractivity (Wildman–Crippen MR) is 150 cm³/mol. The van der Waals surface area contributed by atoms with Crippen LogP contribution in [-0.4, -0.2) is 4.98 Å². The molecule has 36 heavy (non-hydrogen) atoms. The smallest absolute Gasteiger partial charge is 0.0753 e. The second-order valence-corrected chi connectivity index (χ2v) is 11.3. The molecule has 4 aromatic carbocycles. The van der Waals surface area contributed by atoms with Gasteiger partial charge in [0.15, 0.2) is 0 Å². The molecule has 2 aliphatic rings. The van der Waals surface area contributed by atoms with Crippen LogP contribution >= 0.6 is 0 Å². The van der Waals surface area contributed by atoms with E-state index in [9.17, 15) is 0 Å². The van der Waals surface area contributed by atoms with Crippen LogP contribution in [-0.2, 0) is 10.8 Å². The number of hydrogen-bond acceptors (Lipinski definition) is 1. The van der Waals surface area contributed by atoms with Gasteiger partial charge < -0.3 is 0 Å². The topological polar surface area (TPSA) is 12.9 Å². The number of nitrogens with zero attached hydrogens (tertiary/aromatic N) is 1. The first-order chi connectivity index (χ1) is 17.4. The Balaban J connectivity index is 1.32. The third-order valence-electron chi connectivity index (χ3n) is 8.50. The number of rotatable bonds is 2. The quantitative estimate of drug-likeness (QED) is 0.254. The molecule has 1 heteroatoms. The summed E-state index contributed by atoms with van der Waals surface area (Å²) in [5.74, 6) is 0. The molecule has 1 heterocycles. The Labute approximate surface area is 213 Å². The van der Waals surface area contributed by atoms with E-state index in [1.807, 2.05) is 0 Å². The summed E-state index contributed by atoms with van der Waals surface area (Å²) in [6.45, 7) is 9.26. The SMILES string of the molecule is CC1(C)c2ccccc2-c2cc(-c3cccc(-c4ccc5c(n4)-c4ccccc4C5(C)C)c3)ccc21. The van der Waals surface area contributed by atoms with Crippen LogP contribution in [0.15, 0.2) is 103 Å². The van der Waals surface area contributed by atoms with Gasteiger partial charge >= 0.3 is 0 Å². The Hall–Kier alpha value is -3.97. The van der Waals surface area contributed by atoms with Crippen molar-refractivity contribution in [2.24, 2.45) is 0 Å². The normalized spacial score (nSPS) is 15.7. The molecule has 0 N–H and O–H groups in total. The van der Waals surface area contributed by atoms with E-state index in [0.717, 1.165) is 17.0 Å². The van der Waals surface area contributed by atoms with Gasteiger partial charge in [0.25, 0.3) is 0 Å².